The Balaban J connectivity index is 1.91. The van der Waals surface area contributed by atoms with Crippen LogP contribution in [0.3, 0.4) is 0 Å². The average Bonchev–Trinajstić information content (AvgIpc) is 3.13. The van der Waals surface area contributed by atoms with E-state index in [4.69, 9.17) is 4.42 Å². The van der Waals surface area contributed by atoms with Crippen LogP contribution in [0.5, 0.6) is 0 Å². The van der Waals surface area contributed by atoms with Crippen molar-refractivity contribution in [3.8, 4) is 0 Å². The first-order valence-electron chi connectivity index (χ1n) is 6.53. The number of aliphatic hydroxyl groups excluding tert-OH is 1. The Bertz CT molecular complexity index is 874. The van der Waals surface area contributed by atoms with E-state index < -0.39 is 6.10 Å². The van der Waals surface area contributed by atoms with E-state index in [1.54, 1.807) is 18.6 Å². The molecule has 2 N–H and O–H groups in total. The highest BCUT2D eigenvalue weighted by Crippen LogP contribution is 2.30. The van der Waals surface area contributed by atoms with Crippen LogP contribution < -0.4 is 0 Å². The van der Waals surface area contributed by atoms with Gasteiger partial charge in [0.15, 0.2) is 0 Å². The number of para-hydroxylation sites is 1. The summed E-state index contributed by atoms with van der Waals surface area (Å²) in [7, 11) is 0. The highest BCUT2D eigenvalue weighted by Gasteiger charge is 2.13. The number of benzene rings is 2. The van der Waals surface area contributed by atoms with Crippen LogP contribution in [0.2, 0.25) is 0 Å². The van der Waals surface area contributed by atoms with E-state index in [1.807, 2.05) is 30.3 Å². The molecular weight excluding hydrogens is 250 g/mol. The van der Waals surface area contributed by atoms with Crippen molar-refractivity contribution < 1.29 is 9.52 Å². The summed E-state index contributed by atoms with van der Waals surface area (Å²) >= 11 is 0. The minimum Gasteiger partial charge on any atom is -0.472 e. The Labute approximate surface area is 115 Å². The number of aromatic amines is 1. The Hall–Kier alpha value is -2.52. The molecule has 3 nitrogen and oxygen atoms in total. The summed E-state index contributed by atoms with van der Waals surface area (Å²) in [6.07, 6.45) is 2.49. The van der Waals surface area contributed by atoms with Crippen LogP contribution in [-0.4, -0.2) is 10.1 Å². The molecule has 0 amide bonds. The van der Waals surface area contributed by atoms with Gasteiger partial charge in [-0.2, -0.15) is 0 Å². The lowest BCUT2D eigenvalue weighted by atomic mass is 10.0. The van der Waals surface area contributed by atoms with Crippen molar-refractivity contribution in [2.24, 2.45) is 0 Å². The number of aliphatic hydroxyl groups is 1. The van der Waals surface area contributed by atoms with E-state index in [-0.39, 0.29) is 0 Å². The molecule has 2 heterocycles. The Morgan fingerprint density at radius 3 is 2.60 bits per heavy atom. The number of rotatable bonds is 2. The predicted molar refractivity (Wildman–Crippen MR) is 78.6 cm³/mol. The first-order chi connectivity index (χ1) is 9.83. The molecule has 4 aromatic rings. The van der Waals surface area contributed by atoms with Gasteiger partial charge in [-0.1, -0.05) is 24.3 Å². The molecule has 0 aliphatic rings. The van der Waals surface area contributed by atoms with E-state index in [2.05, 4.69) is 17.1 Å². The molecule has 20 heavy (non-hydrogen) atoms. The maximum atomic E-state index is 10.4. The molecule has 0 fully saturated rings. The van der Waals surface area contributed by atoms with Crippen LogP contribution in [0.4, 0.5) is 0 Å². The molecule has 1 unspecified atom stereocenters. The maximum Gasteiger partial charge on any atom is 0.107 e. The maximum absolute atomic E-state index is 10.4. The van der Waals surface area contributed by atoms with E-state index in [1.165, 1.54) is 5.39 Å². The van der Waals surface area contributed by atoms with Crippen molar-refractivity contribution in [1.82, 2.24) is 4.98 Å². The molecule has 3 heteroatoms. The monoisotopic (exact) mass is 263 g/mol. The number of H-pyrrole nitrogens is 1. The summed E-state index contributed by atoms with van der Waals surface area (Å²) in [5.74, 6) is 0. The van der Waals surface area contributed by atoms with E-state index >= 15 is 0 Å². The summed E-state index contributed by atoms with van der Waals surface area (Å²) in [6.45, 7) is 0. The lowest BCUT2D eigenvalue weighted by Crippen LogP contribution is -1.97. The van der Waals surface area contributed by atoms with E-state index in [9.17, 15) is 5.11 Å². The second kappa shape index (κ2) is 4.25. The second-order valence-electron chi connectivity index (χ2n) is 4.93. The molecule has 0 aliphatic heterocycles. The Morgan fingerprint density at radius 2 is 1.75 bits per heavy atom. The van der Waals surface area contributed by atoms with Crippen molar-refractivity contribution in [2.75, 3.05) is 0 Å². The molecule has 0 aliphatic carbocycles. The van der Waals surface area contributed by atoms with Crippen molar-refractivity contribution >= 4 is 21.8 Å². The predicted octanol–water partition coefficient (Wildman–Crippen LogP) is 4.00. The second-order valence-corrected chi connectivity index (χ2v) is 4.93. The fourth-order valence-corrected chi connectivity index (χ4v) is 2.66. The zero-order valence-electron chi connectivity index (χ0n) is 10.7. The van der Waals surface area contributed by atoms with Crippen molar-refractivity contribution in [3.05, 3.63) is 72.2 Å². The molecular formula is C17H13NO2. The van der Waals surface area contributed by atoms with Gasteiger partial charge in [-0.15, -0.1) is 0 Å². The molecule has 0 spiro atoms. The highest BCUT2D eigenvalue weighted by atomic mass is 16.3. The van der Waals surface area contributed by atoms with Crippen LogP contribution in [0.25, 0.3) is 21.8 Å². The Kier molecular flexibility index (Phi) is 2.41. The number of aromatic nitrogens is 1. The van der Waals surface area contributed by atoms with Crippen LogP contribution in [0, 0.1) is 0 Å². The van der Waals surface area contributed by atoms with Gasteiger partial charge in [0.25, 0.3) is 0 Å². The summed E-state index contributed by atoms with van der Waals surface area (Å²) in [6, 6.07) is 15.9. The van der Waals surface area contributed by atoms with Crippen molar-refractivity contribution in [3.63, 3.8) is 0 Å². The van der Waals surface area contributed by atoms with Crippen LogP contribution >= 0.6 is 0 Å². The first kappa shape index (κ1) is 11.3. The third-order valence-corrected chi connectivity index (χ3v) is 3.70. The van der Waals surface area contributed by atoms with Gasteiger partial charge >= 0.3 is 0 Å². The van der Waals surface area contributed by atoms with Crippen molar-refractivity contribution in [1.29, 1.82) is 0 Å². The topological polar surface area (TPSA) is 49.2 Å². The summed E-state index contributed by atoms with van der Waals surface area (Å²) < 4.78 is 5.03. The molecule has 0 saturated carbocycles. The zero-order chi connectivity index (χ0) is 13.5. The summed E-state index contributed by atoms with van der Waals surface area (Å²) in [4.78, 5) is 3.38. The van der Waals surface area contributed by atoms with Gasteiger partial charge in [0.1, 0.15) is 6.10 Å². The van der Waals surface area contributed by atoms with Gasteiger partial charge in [-0.25, -0.2) is 0 Å². The summed E-state index contributed by atoms with van der Waals surface area (Å²) in [5.41, 5.74) is 3.82. The Morgan fingerprint density at radius 1 is 0.900 bits per heavy atom. The third kappa shape index (κ3) is 1.64. The third-order valence-electron chi connectivity index (χ3n) is 3.70. The van der Waals surface area contributed by atoms with Gasteiger partial charge in [-0.05, 0) is 29.8 Å². The van der Waals surface area contributed by atoms with Gasteiger partial charge in [-0.3, -0.25) is 0 Å². The molecule has 0 bridgehead atoms. The molecule has 1 atom stereocenters. The number of furan rings is 1. The van der Waals surface area contributed by atoms with Gasteiger partial charge < -0.3 is 14.5 Å². The normalized spacial score (nSPS) is 13.1. The molecule has 2 aromatic carbocycles. The van der Waals surface area contributed by atoms with E-state index in [0.717, 1.165) is 27.5 Å². The number of nitrogens with one attached hydrogen (secondary N) is 1. The molecule has 2 aromatic heterocycles. The van der Waals surface area contributed by atoms with Gasteiger partial charge in [0.05, 0.1) is 12.5 Å². The molecule has 4 rings (SSSR count). The minimum atomic E-state index is -0.660. The minimum absolute atomic E-state index is 0.660. The largest absolute Gasteiger partial charge is 0.472 e. The van der Waals surface area contributed by atoms with Crippen LogP contribution in [0.15, 0.2) is 65.5 Å². The molecule has 0 radical (unpaired) electrons. The van der Waals surface area contributed by atoms with Crippen molar-refractivity contribution in [2.45, 2.75) is 6.10 Å². The van der Waals surface area contributed by atoms with E-state index in [0.29, 0.717) is 0 Å². The molecule has 0 saturated heterocycles. The van der Waals surface area contributed by atoms with Gasteiger partial charge in [0, 0.05) is 27.4 Å². The zero-order valence-corrected chi connectivity index (χ0v) is 10.7. The smallest absolute Gasteiger partial charge is 0.107 e. The molecule has 98 valence electrons. The standard InChI is InChI=1S/C17H13NO2/c19-17(12-7-8-20-10-12)11-5-6-16-14(9-11)13-3-1-2-4-15(13)18-16/h1-10,17-19H. The highest BCUT2D eigenvalue weighted by molar-refractivity contribution is 6.07. The first-order valence-corrected chi connectivity index (χ1v) is 6.53. The number of fused-ring (bicyclic) bond motifs is 3. The lowest BCUT2D eigenvalue weighted by molar-refractivity contribution is 0.219. The number of hydrogen-bond donors (Lipinski definition) is 2. The number of hydrogen-bond acceptors (Lipinski definition) is 2. The van der Waals surface area contributed by atoms with Gasteiger partial charge in [0.2, 0.25) is 0 Å². The fourth-order valence-electron chi connectivity index (χ4n) is 2.66. The SMILES string of the molecule is OC(c1ccoc1)c1ccc2[nH]c3ccccc3c2c1. The van der Waals surface area contributed by atoms with Crippen LogP contribution in [-0.2, 0) is 0 Å². The summed E-state index contributed by atoms with van der Waals surface area (Å²) in [5, 5.41) is 12.7. The quantitative estimate of drug-likeness (QED) is 0.574. The average molecular weight is 263 g/mol. The lowest BCUT2D eigenvalue weighted by Gasteiger charge is -2.08. The van der Waals surface area contributed by atoms with Crippen LogP contribution in [0.1, 0.15) is 17.2 Å². The fraction of sp³-hybridized carbons (Fsp3) is 0.0588.